The molecule has 0 saturated carbocycles. The number of benzene rings is 2. The number of rotatable bonds is 8. The highest BCUT2D eigenvalue weighted by Crippen LogP contribution is 2.50. The largest absolute Gasteiger partial charge is 0.507 e. The van der Waals surface area contributed by atoms with E-state index >= 15 is 0 Å². The quantitative estimate of drug-likeness (QED) is 0.517. The van der Waals surface area contributed by atoms with Gasteiger partial charge < -0.3 is 19.8 Å². The number of piperidine rings is 1. The van der Waals surface area contributed by atoms with Crippen molar-refractivity contribution in [3.8, 4) is 11.5 Å². The van der Waals surface area contributed by atoms with Crippen LogP contribution in [0.2, 0.25) is 0 Å². The first kappa shape index (κ1) is 23.0. The molecule has 4 rings (SSSR count). The molecule has 1 fully saturated rings. The zero-order valence-electron chi connectivity index (χ0n) is 19.9. The molecular weight excluding hydrogens is 398 g/mol. The summed E-state index contributed by atoms with van der Waals surface area (Å²) in [5, 5.41) is 21.5. The van der Waals surface area contributed by atoms with Crippen LogP contribution >= 0.6 is 0 Å². The molecule has 0 amide bonds. The molecule has 2 aromatic rings. The SMILES string of the molecule is CC(CCCc1ccccc1)Oc1cc(O)c2c(c1)N1CCCCC1CC2CC(C)(C)O. The molecule has 2 heterocycles. The Morgan fingerprint density at radius 1 is 1.16 bits per heavy atom. The Morgan fingerprint density at radius 3 is 2.69 bits per heavy atom. The normalized spacial score (nSPS) is 21.6. The Morgan fingerprint density at radius 2 is 1.94 bits per heavy atom. The van der Waals surface area contributed by atoms with Gasteiger partial charge in [0.1, 0.15) is 11.5 Å². The third kappa shape index (κ3) is 5.58. The number of phenolic OH excluding ortho intramolecular Hbond substituents is 1. The smallest absolute Gasteiger partial charge is 0.125 e. The minimum absolute atomic E-state index is 0.0871. The van der Waals surface area contributed by atoms with Gasteiger partial charge in [0.25, 0.3) is 0 Å². The Kier molecular flexibility index (Phi) is 6.99. The summed E-state index contributed by atoms with van der Waals surface area (Å²) in [4.78, 5) is 2.48. The van der Waals surface area contributed by atoms with Crippen LogP contribution in [-0.2, 0) is 6.42 Å². The van der Waals surface area contributed by atoms with E-state index in [0.717, 1.165) is 49.2 Å². The van der Waals surface area contributed by atoms with Crippen LogP contribution in [0.3, 0.4) is 0 Å². The molecule has 2 N–H and O–H groups in total. The highest BCUT2D eigenvalue weighted by Gasteiger charge is 2.38. The summed E-state index contributed by atoms with van der Waals surface area (Å²) in [6, 6.07) is 15.0. The average Bonchev–Trinajstić information content (AvgIpc) is 2.73. The molecule has 3 unspecified atom stereocenters. The lowest BCUT2D eigenvalue weighted by Gasteiger charge is -2.46. The first-order valence-electron chi connectivity index (χ1n) is 12.4. The summed E-state index contributed by atoms with van der Waals surface area (Å²) in [7, 11) is 0. The van der Waals surface area contributed by atoms with Crippen LogP contribution in [-0.4, -0.2) is 34.5 Å². The van der Waals surface area contributed by atoms with Gasteiger partial charge in [0.15, 0.2) is 0 Å². The van der Waals surface area contributed by atoms with Crippen molar-refractivity contribution in [1.82, 2.24) is 0 Å². The van der Waals surface area contributed by atoms with Crippen LogP contribution in [0.25, 0.3) is 0 Å². The van der Waals surface area contributed by atoms with Crippen molar-refractivity contribution >= 4 is 5.69 Å². The molecule has 4 nitrogen and oxygen atoms in total. The van der Waals surface area contributed by atoms with Crippen LogP contribution in [0.4, 0.5) is 5.69 Å². The number of aryl methyl sites for hydroxylation is 1. The average molecular weight is 438 g/mol. The molecule has 3 atom stereocenters. The fourth-order valence-electron chi connectivity index (χ4n) is 5.65. The Hall–Kier alpha value is -2.20. The first-order valence-corrected chi connectivity index (χ1v) is 12.4. The fraction of sp³-hybridized carbons (Fsp3) is 0.571. The topological polar surface area (TPSA) is 52.9 Å². The summed E-state index contributed by atoms with van der Waals surface area (Å²) in [5.74, 6) is 1.23. The van der Waals surface area contributed by atoms with Gasteiger partial charge >= 0.3 is 0 Å². The van der Waals surface area contributed by atoms with Gasteiger partial charge in [-0.3, -0.25) is 0 Å². The number of hydrogen-bond donors (Lipinski definition) is 2. The van der Waals surface area contributed by atoms with Gasteiger partial charge in [-0.1, -0.05) is 30.3 Å². The summed E-state index contributed by atoms with van der Waals surface area (Å²) < 4.78 is 6.28. The molecule has 0 radical (unpaired) electrons. The number of ether oxygens (including phenoxy) is 1. The van der Waals surface area contributed by atoms with Crippen LogP contribution in [0, 0.1) is 0 Å². The number of nitrogens with zero attached hydrogens (tertiary/aromatic N) is 1. The van der Waals surface area contributed by atoms with Crippen molar-refractivity contribution in [3.63, 3.8) is 0 Å². The molecule has 0 spiro atoms. The number of phenols is 1. The molecule has 0 aromatic heterocycles. The number of aromatic hydroxyl groups is 1. The van der Waals surface area contributed by atoms with E-state index in [1.165, 1.54) is 24.8 Å². The van der Waals surface area contributed by atoms with Crippen LogP contribution in [0.15, 0.2) is 42.5 Å². The lowest BCUT2D eigenvalue weighted by molar-refractivity contribution is 0.0597. The maximum Gasteiger partial charge on any atom is 0.125 e. The number of aliphatic hydroxyl groups is 1. The molecule has 4 heteroatoms. The van der Waals surface area contributed by atoms with Gasteiger partial charge in [-0.05, 0) is 83.6 Å². The molecule has 0 bridgehead atoms. The standard InChI is InChI=1S/C28H39NO3/c1-20(10-9-13-21-11-5-4-6-12-21)32-24-17-25-27(26(30)18-24)22(19-28(2,3)31)16-23-14-7-8-15-29(23)25/h4-6,11-12,17-18,20,22-23,30-31H,7-10,13-16,19H2,1-3H3. The van der Waals surface area contributed by atoms with E-state index in [0.29, 0.717) is 18.2 Å². The highest BCUT2D eigenvalue weighted by molar-refractivity contribution is 5.66. The van der Waals surface area contributed by atoms with Crippen LogP contribution in [0.5, 0.6) is 11.5 Å². The van der Waals surface area contributed by atoms with Gasteiger partial charge in [0.05, 0.1) is 11.7 Å². The van der Waals surface area contributed by atoms with Crippen molar-refractivity contribution in [1.29, 1.82) is 0 Å². The minimum atomic E-state index is -0.756. The van der Waals surface area contributed by atoms with E-state index in [-0.39, 0.29) is 12.0 Å². The van der Waals surface area contributed by atoms with Crippen molar-refractivity contribution < 1.29 is 14.9 Å². The predicted molar refractivity (Wildman–Crippen MR) is 131 cm³/mol. The van der Waals surface area contributed by atoms with E-state index < -0.39 is 5.60 Å². The molecule has 2 aliphatic rings. The maximum atomic E-state index is 11.0. The molecule has 32 heavy (non-hydrogen) atoms. The second-order valence-corrected chi connectivity index (χ2v) is 10.5. The van der Waals surface area contributed by atoms with Gasteiger partial charge in [0, 0.05) is 36.0 Å². The second kappa shape index (κ2) is 9.74. The maximum absolute atomic E-state index is 11.0. The Labute approximate surface area is 193 Å². The zero-order chi connectivity index (χ0) is 22.7. The van der Waals surface area contributed by atoms with Gasteiger partial charge in [0.2, 0.25) is 0 Å². The monoisotopic (exact) mass is 437 g/mol. The molecule has 174 valence electrons. The van der Waals surface area contributed by atoms with Crippen molar-refractivity contribution in [2.45, 2.75) is 95.8 Å². The zero-order valence-corrected chi connectivity index (χ0v) is 19.9. The van der Waals surface area contributed by atoms with E-state index in [2.05, 4.69) is 48.2 Å². The third-order valence-corrected chi connectivity index (χ3v) is 7.01. The summed E-state index contributed by atoms with van der Waals surface area (Å²) in [6.07, 6.45) is 8.48. The van der Waals surface area contributed by atoms with E-state index in [4.69, 9.17) is 4.74 Å². The lowest BCUT2D eigenvalue weighted by Crippen LogP contribution is -2.44. The molecule has 2 aromatic carbocycles. The van der Waals surface area contributed by atoms with Crippen molar-refractivity contribution in [3.05, 3.63) is 53.6 Å². The van der Waals surface area contributed by atoms with Crippen LogP contribution in [0.1, 0.15) is 82.8 Å². The number of hydrogen-bond acceptors (Lipinski definition) is 4. The Balaban J connectivity index is 1.49. The fourth-order valence-corrected chi connectivity index (χ4v) is 5.65. The molecule has 2 aliphatic heterocycles. The van der Waals surface area contributed by atoms with Gasteiger partial charge in [-0.2, -0.15) is 0 Å². The van der Waals surface area contributed by atoms with E-state index in [1.807, 2.05) is 13.8 Å². The predicted octanol–water partition coefficient (Wildman–Crippen LogP) is 6.19. The minimum Gasteiger partial charge on any atom is -0.507 e. The van der Waals surface area contributed by atoms with Gasteiger partial charge in [-0.25, -0.2) is 0 Å². The van der Waals surface area contributed by atoms with E-state index in [9.17, 15) is 10.2 Å². The summed E-state index contributed by atoms with van der Waals surface area (Å²) in [6.45, 7) is 6.88. The molecule has 1 saturated heterocycles. The summed E-state index contributed by atoms with van der Waals surface area (Å²) in [5.41, 5.74) is 2.71. The van der Waals surface area contributed by atoms with Gasteiger partial charge in [-0.15, -0.1) is 0 Å². The van der Waals surface area contributed by atoms with Crippen molar-refractivity contribution in [2.75, 3.05) is 11.4 Å². The molecule has 0 aliphatic carbocycles. The van der Waals surface area contributed by atoms with E-state index in [1.54, 1.807) is 6.07 Å². The highest BCUT2D eigenvalue weighted by atomic mass is 16.5. The summed E-state index contributed by atoms with van der Waals surface area (Å²) >= 11 is 0. The van der Waals surface area contributed by atoms with Crippen molar-refractivity contribution in [2.24, 2.45) is 0 Å². The number of anilines is 1. The second-order valence-electron chi connectivity index (χ2n) is 10.5. The van der Waals surface area contributed by atoms with Crippen LogP contribution < -0.4 is 9.64 Å². The molecular formula is C28H39NO3. The first-order chi connectivity index (χ1) is 15.3. The third-order valence-electron chi connectivity index (χ3n) is 7.01. The number of fused-ring (bicyclic) bond motifs is 3. The Bertz CT molecular complexity index is 890. The lowest BCUT2D eigenvalue weighted by atomic mass is 9.77.